The quantitative estimate of drug-likeness (QED) is 0.705. The van der Waals surface area contributed by atoms with Gasteiger partial charge in [0.25, 0.3) is 0 Å². The van der Waals surface area contributed by atoms with Crippen molar-refractivity contribution in [3.63, 3.8) is 0 Å². The van der Waals surface area contributed by atoms with E-state index in [-0.39, 0.29) is 0 Å². The van der Waals surface area contributed by atoms with E-state index in [2.05, 4.69) is 0 Å². The van der Waals surface area contributed by atoms with Crippen LogP contribution in [0.15, 0.2) is 60.7 Å². The third kappa shape index (κ3) is 4.50. The fraction of sp³-hybridized carbons (Fsp3) is 0.316. The normalized spacial score (nSPS) is 18.1. The molecular formula is C19H23N2O5P. The molecule has 1 aliphatic heterocycles. The minimum absolute atomic E-state index is 0.386. The van der Waals surface area contributed by atoms with Crippen LogP contribution < -0.4 is 14.8 Å². The van der Waals surface area contributed by atoms with Crippen molar-refractivity contribution in [2.45, 2.75) is 24.7 Å². The third-order valence-corrected chi connectivity index (χ3v) is 6.53. The number of para-hydroxylation sites is 2. The maximum absolute atomic E-state index is 13.8. The molecule has 0 aliphatic carbocycles. The third-order valence-electron chi connectivity index (χ3n) is 4.33. The van der Waals surface area contributed by atoms with Crippen molar-refractivity contribution in [2.24, 2.45) is 5.73 Å². The molecule has 1 unspecified atom stereocenters. The Bertz CT molecular complexity index is 757. The molecule has 1 saturated heterocycles. The van der Waals surface area contributed by atoms with E-state index in [9.17, 15) is 14.5 Å². The molecule has 0 spiro atoms. The first-order valence-corrected chi connectivity index (χ1v) is 10.4. The summed E-state index contributed by atoms with van der Waals surface area (Å²) in [6.45, 7) is -0.0943. The van der Waals surface area contributed by atoms with Crippen molar-refractivity contribution in [2.75, 3.05) is 13.2 Å². The summed E-state index contributed by atoms with van der Waals surface area (Å²) in [4.78, 5) is 14.0. The minimum atomic E-state index is -3.80. The number of hydrogen-bond donors (Lipinski definition) is 2. The lowest BCUT2D eigenvalue weighted by atomic mass is 10.3. The monoisotopic (exact) mass is 390 g/mol. The Morgan fingerprint density at radius 1 is 1.11 bits per heavy atom. The number of carbonyl (C=O) groups is 1. The van der Waals surface area contributed by atoms with Gasteiger partial charge >= 0.3 is 7.60 Å². The van der Waals surface area contributed by atoms with Crippen LogP contribution in [0.3, 0.4) is 0 Å². The van der Waals surface area contributed by atoms with Crippen molar-refractivity contribution >= 4 is 13.5 Å². The fourth-order valence-electron chi connectivity index (χ4n) is 3.02. The second kappa shape index (κ2) is 8.57. The van der Waals surface area contributed by atoms with Crippen LogP contribution in [0.2, 0.25) is 0 Å². The molecule has 8 heteroatoms. The van der Waals surface area contributed by atoms with Crippen LogP contribution in [0.5, 0.6) is 11.5 Å². The first-order chi connectivity index (χ1) is 13.0. The summed E-state index contributed by atoms with van der Waals surface area (Å²) in [6.07, 6.45) is 1.11. The SMILES string of the molecule is N[C@@H](CO)C(=O)N1CCCC1P(=O)(Oc1ccccc1)Oc1ccccc1. The largest absolute Gasteiger partial charge is 0.453 e. The van der Waals surface area contributed by atoms with Gasteiger partial charge in [0.1, 0.15) is 17.5 Å². The van der Waals surface area contributed by atoms with Crippen molar-refractivity contribution in [1.82, 2.24) is 4.90 Å². The molecule has 1 heterocycles. The number of aliphatic hydroxyl groups excluding tert-OH is 1. The summed E-state index contributed by atoms with van der Waals surface area (Å²) in [5.41, 5.74) is 5.69. The average Bonchev–Trinajstić information content (AvgIpc) is 3.19. The van der Waals surface area contributed by atoms with E-state index >= 15 is 0 Å². The van der Waals surface area contributed by atoms with E-state index in [1.54, 1.807) is 48.5 Å². The molecule has 3 N–H and O–H groups in total. The molecule has 1 amide bonds. The lowest BCUT2D eigenvalue weighted by Crippen LogP contribution is -2.48. The summed E-state index contributed by atoms with van der Waals surface area (Å²) in [5, 5.41) is 9.22. The smallest absolute Gasteiger partial charge is 0.415 e. The highest BCUT2D eigenvalue weighted by Crippen LogP contribution is 2.56. The molecule has 1 aliphatic rings. The number of nitrogens with zero attached hydrogens (tertiary/aromatic N) is 1. The van der Waals surface area contributed by atoms with Gasteiger partial charge < -0.3 is 24.8 Å². The Hall–Kier alpha value is -2.34. The standard InChI is InChI=1S/C19H23N2O5P/c20-17(14-22)19(23)21-13-7-12-18(21)27(24,25-15-8-3-1-4-9-15)26-16-10-5-2-6-11-16/h1-6,8-11,17-18,22H,7,12-14,20H2/t17-,18?/m0/s1. The molecule has 2 aromatic rings. The molecule has 0 saturated carbocycles. The van der Waals surface area contributed by atoms with E-state index in [1.807, 2.05) is 12.1 Å². The van der Waals surface area contributed by atoms with Crippen LogP contribution in [-0.4, -0.2) is 40.9 Å². The minimum Gasteiger partial charge on any atom is -0.415 e. The lowest BCUT2D eigenvalue weighted by Gasteiger charge is -2.32. The maximum Gasteiger partial charge on any atom is 0.453 e. The number of amides is 1. The van der Waals surface area contributed by atoms with Crippen molar-refractivity contribution < 1.29 is 23.5 Å². The first kappa shape index (κ1) is 19.4. The molecule has 2 atom stereocenters. The first-order valence-electron chi connectivity index (χ1n) is 8.79. The van der Waals surface area contributed by atoms with Crippen LogP contribution in [0, 0.1) is 0 Å². The molecule has 144 valence electrons. The van der Waals surface area contributed by atoms with Crippen LogP contribution in [0.4, 0.5) is 0 Å². The Morgan fingerprint density at radius 3 is 2.11 bits per heavy atom. The molecule has 0 bridgehead atoms. The van der Waals surface area contributed by atoms with Gasteiger partial charge in [-0.15, -0.1) is 0 Å². The molecule has 0 radical (unpaired) electrons. The van der Waals surface area contributed by atoms with Gasteiger partial charge in [-0.3, -0.25) is 4.79 Å². The van der Waals surface area contributed by atoms with E-state index < -0.39 is 31.9 Å². The van der Waals surface area contributed by atoms with Gasteiger partial charge in [0, 0.05) is 6.54 Å². The Kier molecular flexibility index (Phi) is 6.16. The second-order valence-corrected chi connectivity index (χ2v) is 8.33. The molecule has 0 aromatic heterocycles. The average molecular weight is 390 g/mol. The Labute approximate surface area is 158 Å². The lowest BCUT2D eigenvalue weighted by molar-refractivity contribution is -0.133. The predicted molar refractivity (Wildman–Crippen MR) is 102 cm³/mol. The van der Waals surface area contributed by atoms with Crippen LogP contribution in [-0.2, 0) is 9.36 Å². The number of carbonyl (C=O) groups excluding carboxylic acids is 1. The van der Waals surface area contributed by atoms with Gasteiger partial charge in [0.05, 0.1) is 6.61 Å². The summed E-state index contributed by atoms with van der Waals surface area (Å²) in [6, 6.07) is 16.4. The van der Waals surface area contributed by atoms with Crippen molar-refractivity contribution in [3.8, 4) is 11.5 Å². The zero-order chi connectivity index (χ0) is 19.3. The summed E-state index contributed by atoms with van der Waals surface area (Å²) < 4.78 is 25.5. The van der Waals surface area contributed by atoms with E-state index in [1.165, 1.54) is 4.90 Å². The van der Waals surface area contributed by atoms with E-state index in [0.29, 0.717) is 30.9 Å². The van der Waals surface area contributed by atoms with Gasteiger partial charge in [0.15, 0.2) is 5.78 Å². The summed E-state index contributed by atoms with van der Waals surface area (Å²) in [7, 11) is -3.80. The van der Waals surface area contributed by atoms with Gasteiger partial charge in [-0.25, -0.2) is 4.57 Å². The Morgan fingerprint density at radius 2 is 1.63 bits per heavy atom. The van der Waals surface area contributed by atoms with Crippen LogP contribution >= 0.6 is 7.60 Å². The number of hydrogen-bond acceptors (Lipinski definition) is 6. The van der Waals surface area contributed by atoms with Crippen molar-refractivity contribution in [3.05, 3.63) is 60.7 Å². The number of nitrogens with two attached hydrogens (primary N) is 1. The van der Waals surface area contributed by atoms with Gasteiger partial charge in [0.2, 0.25) is 5.91 Å². The molecule has 3 rings (SSSR count). The second-order valence-electron chi connectivity index (χ2n) is 6.29. The van der Waals surface area contributed by atoms with Gasteiger partial charge in [-0.1, -0.05) is 36.4 Å². The highest BCUT2D eigenvalue weighted by atomic mass is 31.2. The van der Waals surface area contributed by atoms with Crippen LogP contribution in [0.25, 0.3) is 0 Å². The Balaban J connectivity index is 1.93. The fourth-order valence-corrected chi connectivity index (χ4v) is 5.20. The van der Waals surface area contributed by atoms with Gasteiger partial charge in [-0.2, -0.15) is 0 Å². The number of benzene rings is 2. The van der Waals surface area contributed by atoms with Gasteiger partial charge in [-0.05, 0) is 37.1 Å². The number of rotatable bonds is 7. The molecule has 27 heavy (non-hydrogen) atoms. The number of aliphatic hydroxyl groups is 1. The molecule has 2 aromatic carbocycles. The molecular weight excluding hydrogens is 367 g/mol. The topological polar surface area (TPSA) is 102 Å². The summed E-state index contributed by atoms with van der Waals surface area (Å²) in [5.74, 6) is -0.457. The highest BCUT2D eigenvalue weighted by molar-refractivity contribution is 7.55. The zero-order valence-corrected chi connectivity index (χ0v) is 15.7. The zero-order valence-electron chi connectivity index (χ0n) is 14.8. The highest BCUT2D eigenvalue weighted by Gasteiger charge is 2.48. The molecule has 7 nitrogen and oxygen atoms in total. The van der Waals surface area contributed by atoms with E-state index in [4.69, 9.17) is 14.8 Å². The van der Waals surface area contributed by atoms with Crippen molar-refractivity contribution in [1.29, 1.82) is 0 Å². The van der Waals surface area contributed by atoms with E-state index in [0.717, 1.165) is 0 Å². The maximum atomic E-state index is 13.8. The summed E-state index contributed by atoms with van der Waals surface area (Å²) >= 11 is 0. The molecule has 1 fully saturated rings. The predicted octanol–water partition coefficient (Wildman–Crippen LogP) is 2.61. The number of likely N-dealkylation sites (tertiary alicyclic amines) is 1. The van der Waals surface area contributed by atoms with Crippen LogP contribution in [0.1, 0.15) is 12.8 Å².